The minimum Gasteiger partial charge on any atom is -0.378 e. The number of amides is 1. The Morgan fingerprint density at radius 2 is 2.00 bits per heavy atom. The summed E-state index contributed by atoms with van der Waals surface area (Å²) in [7, 11) is 0. The summed E-state index contributed by atoms with van der Waals surface area (Å²) in [4.78, 5) is 14.8. The normalized spacial score (nSPS) is 15.4. The van der Waals surface area contributed by atoms with Gasteiger partial charge in [0.15, 0.2) is 0 Å². The van der Waals surface area contributed by atoms with Crippen LogP contribution in [0.1, 0.15) is 40.9 Å². The summed E-state index contributed by atoms with van der Waals surface area (Å²) in [6, 6.07) is 10.2. The van der Waals surface area contributed by atoms with Gasteiger partial charge in [0.2, 0.25) is 0 Å². The topological polar surface area (TPSA) is 73.4 Å². The lowest BCUT2D eigenvalue weighted by Crippen LogP contribution is -2.41. The van der Waals surface area contributed by atoms with Crippen LogP contribution in [-0.4, -0.2) is 52.9 Å². The maximum absolute atomic E-state index is 12.9. The van der Waals surface area contributed by atoms with E-state index in [0.717, 1.165) is 38.0 Å². The first kappa shape index (κ1) is 18.6. The molecule has 1 amide bonds. The Labute approximate surface area is 154 Å². The van der Waals surface area contributed by atoms with Crippen LogP contribution >= 0.6 is 0 Å². The second kappa shape index (κ2) is 8.96. The zero-order valence-electron chi connectivity index (χ0n) is 15.4. The van der Waals surface area contributed by atoms with Gasteiger partial charge in [-0.3, -0.25) is 9.48 Å². The lowest BCUT2D eigenvalue weighted by Gasteiger charge is -2.32. The van der Waals surface area contributed by atoms with Crippen molar-refractivity contribution >= 4 is 5.91 Å². The number of carbonyl (C=O) groups is 1. The van der Waals surface area contributed by atoms with Crippen molar-refractivity contribution in [2.24, 2.45) is 5.73 Å². The first-order valence-electron chi connectivity index (χ1n) is 9.36. The van der Waals surface area contributed by atoms with E-state index in [4.69, 9.17) is 10.5 Å². The molecule has 2 heterocycles. The van der Waals surface area contributed by atoms with E-state index < -0.39 is 0 Å². The molecule has 6 nitrogen and oxygen atoms in total. The minimum atomic E-state index is 0.0715. The lowest BCUT2D eigenvalue weighted by molar-refractivity contribution is 0.00842. The summed E-state index contributed by atoms with van der Waals surface area (Å²) in [5.74, 6) is 0.0715. The molecule has 0 atom stereocenters. The summed E-state index contributed by atoms with van der Waals surface area (Å²) in [5.41, 5.74) is 8.28. The average molecular weight is 356 g/mol. The van der Waals surface area contributed by atoms with Crippen LogP contribution in [-0.2, 0) is 11.3 Å². The third kappa shape index (κ3) is 4.51. The van der Waals surface area contributed by atoms with Crippen molar-refractivity contribution in [3.05, 3.63) is 53.3 Å². The van der Waals surface area contributed by atoms with Crippen molar-refractivity contribution < 1.29 is 9.53 Å². The number of hydrogen-bond donors (Lipinski definition) is 1. The molecule has 1 aromatic heterocycles. The van der Waals surface area contributed by atoms with Crippen molar-refractivity contribution in [2.45, 2.75) is 38.8 Å². The zero-order chi connectivity index (χ0) is 18.4. The second-order valence-corrected chi connectivity index (χ2v) is 6.79. The first-order valence-corrected chi connectivity index (χ1v) is 9.36. The fourth-order valence-electron chi connectivity index (χ4n) is 3.30. The summed E-state index contributed by atoms with van der Waals surface area (Å²) in [5, 5.41) is 4.42. The molecule has 1 fully saturated rings. The van der Waals surface area contributed by atoms with Gasteiger partial charge < -0.3 is 15.4 Å². The van der Waals surface area contributed by atoms with Gasteiger partial charge in [-0.15, -0.1) is 0 Å². The van der Waals surface area contributed by atoms with Gasteiger partial charge in [-0.1, -0.05) is 30.3 Å². The Morgan fingerprint density at radius 1 is 1.27 bits per heavy atom. The number of benzene rings is 1. The van der Waals surface area contributed by atoms with E-state index in [0.29, 0.717) is 25.3 Å². The molecular formula is C20H28N4O2. The molecule has 0 radical (unpaired) electrons. The molecule has 0 aliphatic carbocycles. The second-order valence-electron chi connectivity index (χ2n) is 6.79. The third-order valence-electron chi connectivity index (χ3n) is 4.94. The number of aromatic nitrogens is 2. The van der Waals surface area contributed by atoms with Crippen LogP contribution in [0, 0.1) is 6.92 Å². The Bertz CT molecular complexity index is 706. The summed E-state index contributed by atoms with van der Waals surface area (Å²) < 4.78 is 7.71. The SMILES string of the molecule is Cc1c(C(=O)N2CCC(OCCCN)CC2)cnn1Cc1ccccc1. The molecule has 2 aromatic rings. The molecule has 1 aliphatic rings. The number of ether oxygens (including phenoxy) is 1. The highest BCUT2D eigenvalue weighted by Crippen LogP contribution is 2.18. The molecule has 1 saturated heterocycles. The molecule has 0 bridgehead atoms. The van der Waals surface area contributed by atoms with Crippen molar-refractivity contribution in [1.82, 2.24) is 14.7 Å². The van der Waals surface area contributed by atoms with E-state index in [-0.39, 0.29) is 12.0 Å². The number of hydrogen-bond acceptors (Lipinski definition) is 4. The van der Waals surface area contributed by atoms with Gasteiger partial charge in [0.25, 0.3) is 5.91 Å². The minimum absolute atomic E-state index is 0.0715. The van der Waals surface area contributed by atoms with Crippen molar-refractivity contribution in [2.75, 3.05) is 26.2 Å². The fourth-order valence-corrected chi connectivity index (χ4v) is 3.30. The lowest BCUT2D eigenvalue weighted by atomic mass is 10.1. The monoisotopic (exact) mass is 356 g/mol. The van der Waals surface area contributed by atoms with Gasteiger partial charge in [-0.25, -0.2) is 0 Å². The van der Waals surface area contributed by atoms with E-state index >= 15 is 0 Å². The fraction of sp³-hybridized carbons (Fsp3) is 0.500. The first-order chi connectivity index (χ1) is 12.7. The molecule has 0 saturated carbocycles. The van der Waals surface area contributed by atoms with Gasteiger partial charge >= 0.3 is 0 Å². The van der Waals surface area contributed by atoms with E-state index in [1.165, 1.54) is 5.56 Å². The predicted octanol–water partition coefficient (Wildman–Crippen LogP) is 2.21. The Balaban J connectivity index is 1.57. The predicted molar refractivity (Wildman–Crippen MR) is 101 cm³/mol. The van der Waals surface area contributed by atoms with Crippen LogP contribution in [0.4, 0.5) is 0 Å². The Morgan fingerprint density at radius 3 is 2.69 bits per heavy atom. The molecular weight excluding hydrogens is 328 g/mol. The van der Waals surface area contributed by atoms with E-state index in [2.05, 4.69) is 17.2 Å². The molecule has 26 heavy (non-hydrogen) atoms. The van der Waals surface area contributed by atoms with Crippen LogP contribution in [0.15, 0.2) is 36.5 Å². The highest BCUT2D eigenvalue weighted by molar-refractivity contribution is 5.95. The highest BCUT2D eigenvalue weighted by Gasteiger charge is 2.26. The molecule has 140 valence electrons. The van der Waals surface area contributed by atoms with Crippen LogP contribution in [0.2, 0.25) is 0 Å². The van der Waals surface area contributed by atoms with E-state index in [9.17, 15) is 4.79 Å². The van der Waals surface area contributed by atoms with Gasteiger partial charge in [0, 0.05) is 25.4 Å². The largest absolute Gasteiger partial charge is 0.378 e. The number of nitrogens with two attached hydrogens (primary N) is 1. The maximum atomic E-state index is 12.9. The highest BCUT2D eigenvalue weighted by atomic mass is 16.5. The quantitative estimate of drug-likeness (QED) is 0.772. The number of likely N-dealkylation sites (tertiary alicyclic amines) is 1. The average Bonchev–Trinajstić information content (AvgIpc) is 3.03. The number of piperidine rings is 1. The van der Waals surface area contributed by atoms with Crippen molar-refractivity contribution in [3.63, 3.8) is 0 Å². The Kier molecular flexibility index (Phi) is 6.41. The molecule has 3 rings (SSSR count). The number of rotatable bonds is 7. The van der Waals surface area contributed by atoms with Crippen LogP contribution in [0.5, 0.6) is 0 Å². The molecule has 6 heteroatoms. The summed E-state index contributed by atoms with van der Waals surface area (Å²) in [6.07, 6.45) is 4.59. The number of carbonyl (C=O) groups excluding carboxylic acids is 1. The molecule has 1 aliphatic heterocycles. The third-order valence-corrected chi connectivity index (χ3v) is 4.94. The van der Waals surface area contributed by atoms with Crippen LogP contribution in [0.3, 0.4) is 0 Å². The molecule has 0 unspecified atom stereocenters. The van der Waals surface area contributed by atoms with Gasteiger partial charge in [0.05, 0.1) is 24.4 Å². The molecule has 2 N–H and O–H groups in total. The molecule has 1 aromatic carbocycles. The summed E-state index contributed by atoms with van der Waals surface area (Å²) in [6.45, 7) is 5.47. The van der Waals surface area contributed by atoms with Crippen LogP contribution < -0.4 is 5.73 Å². The standard InChI is InChI=1S/C20H28N4O2/c1-16-19(14-22-24(16)15-17-6-3-2-4-7-17)20(25)23-11-8-18(9-12-23)26-13-5-10-21/h2-4,6-7,14,18H,5,8-13,15,21H2,1H3. The maximum Gasteiger partial charge on any atom is 0.257 e. The van der Waals surface area contributed by atoms with Crippen LogP contribution in [0.25, 0.3) is 0 Å². The van der Waals surface area contributed by atoms with Gasteiger partial charge in [-0.2, -0.15) is 5.10 Å². The zero-order valence-corrected chi connectivity index (χ0v) is 15.4. The molecule has 0 spiro atoms. The summed E-state index contributed by atoms with van der Waals surface area (Å²) >= 11 is 0. The van der Waals surface area contributed by atoms with E-state index in [1.807, 2.05) is 34.7 Å². The smallest absolute Gasteiger partial charge is 0.257 e. The van der Waals surface area contributed by atoms with Gasteiger partial charge in [0.1, 0.15) is 0 Å². The Hall–Kier alpha value is -2.18. The van der Waals surface area contributed by atoms with E-state index in [1.54, 1.807) is 6.20 Å². The van der Waals surface area contributed by atoms with Crippen molar-refractivity contribution in [1.29, 1.82) is 0 Å². The number of nitrogens with zero attached hydrogens (tertiary/aromatic N) is 3. The van der Waals surface area contributed by atoms with Gasteiger partial charge in [-0.05, 0) is 38.3 Å². The van der Waals surface area contributed by atoms with Crippen molar-refractivity contribution in [3.8, 4) is 0 Å².